The molecule has 1 aliphatic heterocycles. The zero-order valence-electron chi connectivity index (χ0n) is 10.4. The van der Waals surface area contributed by atoms with Crippen molar-refractivity contribution in [1.82, 2.24) is 4.90 Å². The van der Waals surface area contributed by atoms with Crippen LogP contribution in [0.1, 0.15) is 18.4 Å². The highest BCUT2D eigenvalue weighted by atomic mass is 16.5. The van der Waals surface area contributed by atoms with Gasteiger partial charge >= 0.3 is 0 Å². The van der Waals surface area contributed by atoms with Crippen LogP contribution in [0.2, 0.25) is 0 Å². The van der Waals surface area contributed by atoms with E-state index in [1.165, 1.54) is 12.0 Å². The molecule has 0 unspecified atom stereocenters. The number of methoxy groups -OCH3 is 1. The van der Waals surface area contributed by atoms with E-state index in [2.05, 4.69) is 17.0 Å². The fourth-order valence-electron chi connectivity index (χ4n) is 2.47. The van der Waals surface area contributed by atoms with Gasteiger partial charge in [0.15, 0.2) is 0 Å². The number of aliphatic hydroxyl groups excluding tert-OH is 1. The van der Waals surface area contributed by atoms with Crippen LogP contribution in [0.3, 0.4) is 0 Å². The molecule has 3 nitrogen and oxygen atoms in total. The average Bonchev–Trinajstić information content (AvgIpc) is 2.39. The molecule has 1 atom stereocenters. The van der Waals surface area contributed by atoms with Crippen LogP contribution in [0.5, 0.6) is 5.75 Å². The highest BCUT2D eigenvalue weighted by Crippen LogP contribution is 2.19. The minimum Gasteiger partial charge on any atom is -0.497 e. The molecule has 1 heterocycles. The van der Waals surface area contributed by atoms with Gasteiger partial charge in [0.2, 0.25) is 0 Å². The number of ether oxygens (including phenoxy) is 1. The maximum absolute atomic E-state index is 9.21. The Morgan fingerprint density at radius 1 is 1.47 bits per heavy atom. The largest absolute Gasteiger partial charge is 0.497 e. The third-order valence-corrected chi connectivity index (χ3v) is 3.40. The summed E-state index contributed by atoms with van der Waals surface area (Å²) in [6, 6.07) is 8.21. The van der Waals surface area contributed by atoms with Gasteiger partial charge in [-0.05, 0) is 43.0 Å². The van der Waals surface area contributed by atoms with E-state index in [1.54, 1.807) is 7.11 Å². The van der Waals surface area contributed by atoms with E-state index in [9.17, 15) is 5.11 Å². The van der Waals surface area contributed by atoms with Crippen molar-refractivity contribution in [2.24, 2.45) is 5.92 Å². The highest BCUT2D eigenvalue weighted by molar-refractivity contribution is 5.28. The Morgan fingerprint density at radius 3 is 3.12 bits per heavy atom. The van der Waals surface area contributed by atoms with Crippen LogP contribution in [-0.4, -0.2) is 36.8 Å². The third kappa shape index (κ3) is 3.45. The predicted molar refractivity (Wildman–Crippen MR) is 68.1 cm³/mol. The third-order valence-electron chi connectivity index (χ3n) is 3.40. The van der Waals surface area contributed by atoms with Crippen LogP contribution in [0.25, 0.3) is 0 Å². The molecule has 1 aromatic rings. The van der Waals surface area contributed by atoms with Gasteiger partial charge < -0.3 is 9.84 Å². The fraction of sp³-hybridized carbons (Fsp3) is 0.571. The first-order valence-corrected chi connectivity index (χ1v) is 6.28. The first-order valence-electron chi connectivity index (χ1n) is 6.28. The van der Waals surface area contributed by atoms with E-state index >= 15 is 0 Å². The summed E-state index contributed by atoms with van der Waals surface area (Å²) in [5.74, 6) is 1.37. The lowest BCUT2D eigenvalue weighted by Gasteiger charge is -2.31. The summed E-state index contributed by atoms with van der Waals surface area (Å²) in [6.45, 7) is 3.41. The fourth-order valence-corrected chi connectivity index (χ4v) is 2.47. The molecule has 0 radical (unpaired) electrons. The summed E-state index contributed by atoms with van der Waals surface area (Å²) in [4.78, 5) is 2.42. The highest BCUT2D eigenvalue weighted by Gasteiger charge is 2.19. The monoisotopic (exact) mass is 235 g/mol. The molecule has 0 saturated carbocycles. The molecule has 1 saturated heterocycles. The van der Waals surface area contributed by atoms with Crippen LogP contribution in [0, 0.1) is 5.92 Å². The van der Waals surface area contributed by atoms with Gasteiger partial charge in [-0.2, -0.15) is 0 Å². The number of rotatable bonds is 4. The van der Waals surface area contributed by atoms with Crippen molar-refractivity contribution in [1.29, 1.82) is 0 Å². The van der Waals surface area contributed by atoms with E-state index < -0.39 is 0 Å². The lowest BCUT2D eigenvalue weighted by atomic mass is 9.98. The van der Waals surface area contributed by atoms with Gasteiger partial charge in [-0.15, -0.1) is 0 Å². The molecule has 0 amide bonds. The average molecular weight is 235 g/mol. The van der Waals surface area contributed by atoms with E-state index in [1.807, 2.05) is 12.1 Å². The van der Waals surface area contributed by atoms with Gasteiger partial charge in [0.1, 0.15) is 5.75 Å². The Balaban J connectivity index is 1.95. The molecule has 1 aliphatic rings. The number of piperidine rings is 1. The molecule has 3 heteroatoms. The quantitative estimate of drug-likeness (QED) is 0.865. The van der Waals surface area contributed by atoms with Crippen LogP contribution in [0.4, 0.5) is 0 Å². The molecule has 1 aromatic carbocycles. The molecule has 2 rings (SSSR count). The second kappa shape index (κ2) is 6.03. The summed E-state index contributed by atoms with van der Waals surface area (Å²) in [6.07, 6.45) is 2.35. The molecule has 1 N–H and O–H groups in total. The van der Waals surface area contributed by atoms with E-state index in [0.29, 0.717) is 12.5 Å². The van der Waals surface area contributed by atoms with Crippen molar-refractivity contribution >= 4 is 0 Å². The Bertz CT molecular complexity index is 354. The number of aliphatic hydroxyl groups is 1. The maximum Gasteiger partial charge on any atom is 0.119 e. The topological polar surface area (TPSA) is 32.7 Å². The molecule has 94 valence electrons. The molecule has 1 fully saturated rings. The van der Waals surface area contributed by atoms with E-state index in [-0.39, 0.29) is 0 Å². The van der Waals surface area contributed by atoms with Gasteiger partial charge in [0.25, 0.3) is 0 Å². The van der Waals surface area contributed by atoms with Gasteiger partial charge in [-0.25, -0.2) is 0 Å². The van der Waals surface area contributed by atoms with Crippen LogP contribution >= 0.6 is 0 Å². The normalized spacial score (nSPS) is 21.4. The Morgan fingerprint density at radius 2 is 2.35 bits per heavy atom. The zero-order chi connectivity index (χ0) is 12.1. The van der Waals surface area contributed by atoms with Crippen molar-refractivity contribution in [3.05, 3.63) is 29.8 Å². The summed E-state index contributed by atoms with van der Waals surface area (Å²) in [5, 5.41) is 9.21. The lowest BCUT2D eigenvalue weighted by molar-refractivity contribution is 0.116. The first-order chi connectivity index (χ1) is 8.31. The van der Waals surface area contributed by atoms with Gasteiger partial charge in [-0.1, -0.05) is 12.1 Å². The Hall–Kier alpha value is -1.06. The second-order valence-corrected chi connectivity index (χ2v) is 4.78. The summed E-state index contributed by atoms with van der Waals surface area (Å²) < 4.78 is 5.23. The molecule has 0 bridgehead atoms. The van der Waals surface area contributed by atoms with Gasteiger partial charge in [-0.3, -0.25) is 4.90 Å². The summed E-state index contributed by atoms with van der Waals surface area (Å²) in [7, 11) is 1.70. The Labute approximate surface area is 103 Å². The molecule has 17 heavy (non-hydrogen) atoms. The van der Waals surface area contributed by atoms with Crippen molar-refractivity contribution in [3.63, 3.8) is 0 Å². The molecular formula is C14H21NO2. The number of benzene rings is 1. The predicted octanol–water partition coefficient (Wildman–Crippen LogP) is 1.90. The first kappa shape index (κ1) is 12.4. The van der Waals surface area contributed by atoms with Crippen molar-refractivity contribution in [2.45, 2.75) is 19.4 Å². The molecule has 0 aromatic heterocycles. The maximum atomic E-state index is 9.21. The summed E-state index contributed by atoms with van der Waals surface area (Å²) in [5.41, 5.74) is 1.28. The molecule has 0 spiro atoms. The second-order valence-electron chi connectivity index (χ2n) is 4.78. The molecule has 0 aliphatic carbocycles. The van der Waals surface area contributed by atoms with Crippen LogP contribution < -0.4 is 4.74 Å². The number of hydrogen-bond acceptors (Lipinski definition) is 3. The smallest absolute Gasteiger partial charge is 0.119 e. The van der Waals surface area contributed by atoms with E-state index in [0.717, 1.165) is 31.8 Å². The SMILES string of the molecule is COc1cccc(CN2CCC[C@@H](CO)C2)c1. The van der Waals surface area contributed by atoms with Crippen molar-refractivity contribution < 1.29 is 9.84 Å². The summed E-state index contributed by atoms with van der Waals surface area (Å²) >= 11 is 0. The van der Waals surface area contributed by atoms with Gasteiger partial charge in [0.05, 0.1) is 7.11 Å². The minimum absolute atomic E-state index is 0.314. The van der Waals surface area contributed by atoms with Crippen LogP contribution in [0.15, 0.2) is 24.3 Å². The Kier molecular flexibility index (Phi) is 4.40. The van der Waals surface area contributed by atoms with Crippen molar-refractivity contribution in [2.75, 3.05) is 26.8 Å². The minimum atomic E-state index is 0.314. The number of hydrogen-bond donors (Lipinski definition) is 1. The molecular weight excluding hydrogens is 214 g/mol. The van der Waals surface area contributed by atoms with E-state index in [4.69, 9.17) is 4.74 Å². The van der Waals surface area contributed by atoms with Gasteiger partial charge in [0, 0.05) is 19.7 Å². The zero-order valence-corrected chi connectivity index (χ0v) is 10.4. The van der Waals surface area contributed by atoms with Crippen LogP contribution in [-0.2, 0) is 6.54 Å². The lowest BCUT2D eigenvalue weighted by Crippen LogP contribution is -2.36. The number of nitrogens with zero attached hydrogens (tertiary/aromatic N) is 1. The standard InChI is InChI=1S/C14H21NO2/c1-17-14-6-2-4-12(8-14)9-15-7-3-5-13(10-15)11-16/h2,4,6,8,13,16H,3,5,7,9-11H2,1H3/t13-/m1/s1. The van der Waals surface area contributed by atoms with Crippen molar-refractivity contribution in [3.8, 4) is 5.75 Å². The number of likely N-dealkylation sites (tertiary alicyclic amines) is 1.